The number of nitrogens with one attached hydrogen (secondary N) is 1. The van der Waals surface area contributed by atoms with E-state index < -0.39 is 0 Å². The number of hydrogen-bond donors (Lipinski definition) is 2. The normalized spacial score (nSPS) is 23.0. The van der Waals surface area contributed by atoms with Gasteiger partial charge in [0, 0.05) is 11.3 Å². The Hall–Kier alpha value is -1.10. The van der Waals surface area contributed by atoms with Crippen LogP contribution in [0.1, 0.15) is 26.2 Å². The molecule has 2 unspecified atom stereocenters. The average Bonchev–Trinajstić information content (AvgIpc) is 2.81. The monoisotopic (exact) mass is 267 g/mol. The summed E-state index contributed by atoms with van der Waals surface area (Å²) in [7, 11) is 0. The summed E-state index contributed by atoms with van der Waals surface area (Å²) in [4.78, 5) is 4.41. The first kappa shape index (κ1) is 13.3. The molecule has 0 aliphatic heterocycles. The van der Waals surface area contributed by atoms with Gasteiger partial charge in [-0.1, -0.05) is 0 Å². The van der Waals surface area contributed by atoms with Crippen molar-refractivity contribution in [3.63, 3.8) is 0 Å². The van der Waals surface area contributed by atoms with Crippen molar-refractivity contribution in [3.05, 3.63) is 12.1 Å². The zero-order valence-corrected chi connectivity index (χ0v) is 11.8. The SMILES string of the molecule is CCOc1nc(NC2CCC(SC)C2)ccc1N. The molecule has 100 valence electrons. The first-order valence-electron chi connectivity index (χ1n) is 6.41. The highest BCUT2D eigenvalue weighted by Crippen LogP contribution is 2.30. The highest BCUT2D eigenvalue weighted by molar-refractivity contribution is 7.99. The maximum atomic E-state index is 5.81. The number of nitrogens with two attached hydrogens (primary N) is 1. The minimum absolute atomic E-state index is 0.521. The molecule has 0 amide bonds. The summed E-state index contributed by atoms with van der Waals surface area (Å²) in [6.45, 7) is 2.51. The van der Waals surface area contributed by atoms with Crippen molar-refractivity contribution in [3.8, 4) is 5.88 Å². The van der Waals surface area contributed by atoms with Crippen LogP contribution in [0.5, 0.6) is 5.88 Å². The van der Waals surface area contributed by atoms with Crippen molar-refractivity contribution in [1.29, 1.82) is 0 Å². The van der Waals surface area contributed by atoms with Gasteiger partial charge in [0.15, 0.2) is 0 Å². The average molecular weight is 267 g/mol. The molecule has 4 nitrogen and oxygen atoms in total. The third kappa shape index (κ3) is 3.22. The molecule has 1 aromatic heterocycles. The topological polar surface area (TPSA) is 60.2 Å². The number of nitrogens with zero attached hydrogens (tertiary/aromatic N) is 1. The molecule has 1 fully saturated rings. The van der Waals surface area contributed by atoms with Crippen molar-refractivity contribution < 1.29 is 4.74 Å². The summed E-state index contributed by atoms with van der Waals surface area (Å²) in [6.07, 6.45) is 5.88. The van der Waals surface area contributed by atoms with Crippen LogP contribution in [0.4, 0.5) is 11.5 Å². The number of anilines is 2. The molecular formula is C13H21N3OS. The van der Waals surface area contributed by atoms with E-state index in [1.165, 1.54) is 19.3 Å². The van der Waals surface area contributed by atoms with E-state index in [1.54, 1.807) is 0 Å². The molecule has 0 saturated heterocycles. The van der Waals surface area contributed by atoms with E-state index in [4.69, 9.17) is 10.5 Å². The van der Waals surface area contributed by atoms with Crippen LogP contribution in [0.2, 0.25) is 0 Å². The van der Waals surface area contributed by atoms with Gasteiger partial charge in [-0.15, -0.1) is 0 Å². The second-order valence-corrected chi connectivity index (χ2v) is 5.67. The molecule has 1 aromatic rings. The van der Waals surface area contributed by atoms with Crippen LogP contribution in [-0.2, 0) is 0 Å². The molecule has 0 spiro atoms. The second-order valence-electron chi connectivity index (χ2n) is 4.54. The quantitative estimate of drug-likeness (QED) is 0.859. The van der Waals surface area contributed by atoms with Crippen molar-refractivity contribution >= 4 is 23.3 Å². The summed E-state index contributed by atoms with van der Waals surface area (Å²) in [5.41, 5.74) is 6.40. The molecule has 2 atom stereocenters. The van der Waals surface area contributed by atoms with Gasteiger partial charge in [-0.2, -0.15) is 16.7 Å². The molecule has 18 heavy (non-hydrogen) atoms. The van der Waals surface area contributed by atoms with Gasteiger partial charge >= 0.3 is 0 Å². The molecule has 3 N–H and O–H groups in total. The van der Waals surface area contributed by atoms with Crippen LogP contribution in [0.3, 0.4) is 0 Å². The maximum absolute atomic E-state index is 5.81. The van der Waals surface area contributed by atoms with Gasteiger partial charge in [-0.05, 0) is 44.6 Å². The van der Waals surface area contributed by atoms with E-state index in [2.05, 4.69) is 16.6 Å². The van der Waals surface area contributed by atoms with Gasteiger partial charge in [0.25, 0.3) is 0 Å². The largest absolute Gasteiger partial charge is 0.476 e. The minimum atomic E-state index is 0.521. The van der Waals surface area contributed by atoms with E-state index in [0.29, 0.717) is 24.2 Å². The summed E-state index contributed by atoms with van der Waals surface area (Å²) in [5, 5.41) is 4.25. The second kappa shape index (κ2) is 6.18. The first-order valence-corrected chi connectivity index (χ1v) is 7.70. The Morgan fingerprint density at radius 3 is 3.00 bits per heavy atom. The Morgan fingerprint density at radius 2 is 2.33 bits per heavy atom. The molecule has 1 saturated carbocycles. The minimum Gasteiger partial charge on any atom is -0.476 e. The zero-order valence-electron chi connectivity index (χ0n) is 11.0. The lowest BCUT2D eigenvalue weighted by atomic mass is 10.2. The lowest BCUT2D eigenvalue weighted by molar-refractivity contribution is 0.329. The third-order valence-electron chi connectivity index (χ3n) is 3.24. The smallest absolute Gasteiger partial charge is 0.239 e. The molecule has 1 aliphatic carbocycles. The maximum Gasteiger partial charge on any atom is 0.239 e. The van der Waals surface area contributed by atoms with Gasteiger partial charge in [0.1, 0.15) is 5.82 Å². The van der Waals surface area contributed by atoms with Gasteiger partial charge in [-0.3, -0.25) is 0 Å². The Bertz CT molecular complexity index is 400. The Labute approximate surface area is 113 Å². The van der Waals surface area contributed by atoms with Crippen LogP contribution in [0.25, 0.3) is 0 Å². The number of ether oxygens (including phenoxy) is 1. The predicted molar refractivity (Wildman–Crippen MR) is 78.4 cm³/mol. The van der Waals surface area contributed by atoms with Crippen molar-refractivity contribution in [2.24, 2.45) is 0 Å². The summed E-state index contributed by atoms with van der Waals surface area (Å²) in [6, 6.07) is 4.29. The van der Waals surface area contributed by atoms with E-state index >= 15 is 0 Å². The van der Waals surface area contributed by atoms with Crippen LogP contribution in [0, 0.1) is 0 Å². The molecular weight excluding hydrogens is 246 g/mol. The van der Waals surface area contributed by atoms with E-state index in [1.807, 2.05) is 30.8 Å². The van der Waals surface area contributed by atoms with Crippen LogP contribution >= 0.6 is 11.8 Å². The standard InChI is InChI=1S/C13H21N3OS/c1-3-17-13-11(14)6-7-12(16-13)15-9-4-5-10(8-9)18-2/h6-7,9-10H,3-5,8,14H2,1-2H3,(H,15,16). The van der Waals surface area contributed by atoms with E-state index in [0.717, 1.165) is 11.1 Å². The number of aromatic nitrogens is 1. The van der Waals surface area contributed by atoms with Crippen molar-refractivity contribution in [2.75, 3.05) is 23.9 Å². The van der Waals surface area contributed by atoms with Crippen LogP contribution in [-0.4, -0.2) is 29.1 Å². The third-order valence-corrected chi connectivity index (χ3v) is 4.34. The van der Waals surface area contributed by atoms with Crippen LogP contribution in [0.15, 0.2) is 12.1 Å². The van der Waals surface area contributed by atoms with Crippen LogP contribution < -0.4 is 15.8 Å². The van der Waals surface area contributed by atoms with E-state index in [-0.39, 0.29) is 0 Å². The Balaban J connectivity index is 1.99. The fourth-order valence-electron chi connectivity index (χ4n) is 2.28. The fourth-order valence-corrected chi connectivity index (χ4v) is 3.07. The number of thioether (sulfide) groups is 1. The molecule has 5 heteroatoms. The summed E-state index contributed by atoms with van der Waals surface area (Å²) in [5.74, 6) is 1.39. The highest BCUT2D eigenvalue weighted by Gasteiger charge is 2.24. The number of nitrogen functional groups attached to an aromatic ring is 1. The molecule has 1 aliphatic rings. The Morgan fingerprint density at radius 1 is 1.50 bits per heavy atom. The lowest BCUT2D eigenvalue weighted by Gasteiger charge is -2.15. The number of hydrogen-bond acceptors (Lipinski definition) is 5. The van der Waals surface area contributed by atoms with Crippen molar-refractivity contribution in [1.82, 2.24) is 4.98 Å². The van der Waals surface area contributed by atoms with E-state index in [9.17, 15) is 0 Å². The summed E-state index contributed by atoms with van der Waals surface area (Å²) >= 11 is 1.96. The fraction of sp³-hybridized carbons (Fsp3) is 0.615. The number of pyridine rings is 1. The predicted octanol–water partition coefficient (Wildman–Crippen LogP) is 2.76. The first-order chi connectivity index (χ1) is 8.72. The molecule has 2 rings (SSSR count). The van der Waals surface area contributed by atoms with Gasteiger partial charge < -0.3 is 15.8 Å². The van der Waals surface area contributed by atoms with Crippen molar-refractivity contribution in [2.45, 2.75) is 37.5 Å². The molecule has 1 heterocycles. The Kier molecular flexibility index (Phi) is 4.58. The lowest BCUT2D eigenvalue weighted by Crippen LogP contribution is -2.17. The zero-order chi connectivity index (χ0) is 13.0. The van der Waals surface area contributed by atoms with Gasteiger partial charge in [0.2, 0.25) is 5.88 Å². The molecule has 0 bridgehead atoms. The van der Waals surface area contributed by atoms with Gasteiger partial charge in [0.05, 0.1) is 12.3 Å². The van der Waals surface area contributed by atoms with Gasteiger partial charge in [-0.25, -0.2) is 0 Å². The highest BCUT2D eigenvalue weighted by atomic mass is 32.2. The molecule has 0 aromatic carbocycles. The number of rotatable bonds is 5. The molecule has 0 radical (unpaired) electrons. The summed E-state index contributed by atoms with van der Waals surface area (Å²) < 4.78 is 5.40.